The van der Waals surface area contributed by atoms with Crippen LogP contribution < -0.4 is 10.5 Å². The van der Waals surface area contributed by atoms with Gasteiger partial charge in [0.15, 0.2) is 6.61 Å². The molecule has 0 spiro atoms. The van der Waals surface area contributed by atoms with Gasteiger partial charge in [0.1, 0.15) is 5.75 Å². The number of nitrogens with zero attached hydrogens (tertiary/aromatic N) is 1. The molecule has 1 aliphatic heterocycles. The summed E-state index contributed by atoms with van der Waals surface area (Å²) in [5.74, 6) is 0.776. The quantitative estimate of drug-likeness (QED) is 0.918. The van der Waals surface area contributed by atoms with E-state index in [2.05, 4.69) is 13.8 Å². The van der Waals surface area contributed by atoms with E-state index in [1.807, 2.05) is 36.1 Å². The maximum absolute atomic E-state index is 12.2. The zero-order valence-corrected chi connectivity index (χ0v) is 12.6. The smallest absolute Gasteiger partial charge is 0.260 e. The topological polar surface area (TPSA) is 55.6 Å². The van der Waals surface area contributed by atoms with Crippen molar-refractivity contribution in [3.05, 3.63) is 29.8 Å². The molecule has 1 heterocycles. The minimum absolute atomic E-state index is 0.0305. The highest BCUT2D eigenvalue weighted by Gasteiger charge is 2.35. The van der Waals surface area contributed by atoms with E-state index in [1.165, 1.54) is 0 Å². The number of aryl methyl sites for hydroxylation is 1. The molecule has 1 fully saturated rings. The number of hydrogen-bond acceptors (Lipinski definition) is 3. The van der Waals surface area contributed by atoms with Gasteiger partial charge in [-0.15, -0.1) is 0 Å². The number of hydrogen-bond donors (Lipinski definition) is 1. The van der Waals surface area contributed by atoms with Crippen molar-refractivity contribution in [3.8, 4) is 5.75 Å². The predicted molar refractivity (Wildman–Crippen MR) is 79.6 cm³/mol. The summed E-state index contributed by atoms with van der Waals surface area (Å²) in [4.78, 5) is 14.1. The van der Waals surface area contributed by atoms with E-state index in [4.69, 9.17) is 10.5 Å². The Kier molecular flexibility index (Phi) is 4.33. The molecule has 20 heavy (non-hydrogen) atoms. The number of ether oxygens (including phenoxy) is 1. The number of carbonyl (C=O) groups is 1. The van der Waals surface area contributed by atoms with Gasteiger partial charge in [-0.05, 0) is 36.5 Å². The van der Waals surface area contributed by atoms with Gasteiger partial charge in [0, 0.05) is 19.1 Å². The molecular formula is C16H24N2O2. The second kappa shape index (κ2) is 5.83. The fourth-order valence-corrected chi connectivity index (χ4v) is 2.53. The van der Waals surface area contributed by atoms with Gasteiger partial charge in [0.25, 0.3) is 5.91 Å². The van der Waals surface area contributed by atoms with E-state index in [9.17, 15) is 4.79 Å². The number of amides is 1. The minimum Gasteiger partial charge on any atom is -0.484 e. The fraction of sp³-hybridized carbons (Fsp3) is 0.562. The molecular weight excluding hydrogens is 252 g/mol. The maximum atomic E-state index is 12.2. The molecule has 4 heteroatoms. The number of likely N-dealkylation sites (tertiary alicyclic amines) is 1. The van der Waals surface area contributed by atoms with E-state index < -0.39 is 0 Å². The fourth-order valence-electron chi connectivity index (χ4n) is 2.53. The molecule has 0 bridgehead atoms. The van der Waals surface area contributed by atoms with Gasteiger partial charge < -0.3 is 15.4 Å². The Labute approximate surface area is 120 Å². The van der Waals surface area contributed by atoms with Gasteiger partial charge in [-0.25, -0.2) is 0 Å². The lowest BCUT2D eigenvalue weighted by molar-refractivity contribution is -0.136. The van der Waals surface area contributed by atoms with Crippen molar-refractivity contribution >= 4 is 5.91 Å². The van der Waals surface area contributed by atoms with Crippen LogP contribution in [0.15, 0.2) is 24.3 Å². The van der Waals surface area contributed by atoms with Crippen molar-refractivity contribution in [1.82, 2.24) is 4.90 Å². The summed E-state index contributed by atoms with van der Waals surface area (Å²) in [6, 6.07) is 7.89. The number of benzene rings is 1. The number of rotatable bonds is 3. The van der Waals surface area contributed by atoms with Gasteiger partial charge in [-0.1, -0.05) is 26.0 Å². The predicted octanol–water partition coefficient (Wildman–Crippen LogP) is 1.96. The van der Waals surface area contributed by atoms with Crippen LogP contribution >= 0.6 is 0 Å². The van der Waals surface area contributed by atoms with Crippen LogP contribution in [0.3, 0.4) is 0 Å². The van der Waals surface area contributed by atoms with E-state index in [1.54, 1.807) is 0 Å². The summed E-state index contributed by atoms with van der Waals surface area (Å²) in [5.41, 5.74) is 7.18. The summed E-state index contributed by atoms with van der Waals surface area (Å²) in [7, 11) is 0. The minimum atomic E-state index is -0.0305. The standard InChI is InChI=1S/C16H24N2O2/c1-12-5-4-6-13(9-12)20-10-15(19)18-8-7-14(17)16(2,3)11-18/h4-6,9,14H,7-8,10-11,17H2,1-3H3. The Morgan fingerprint density at radius 1 is 1.50 bits per heavy atom. The van der Waals surface area contributed by atoms with Gasteiger partial charge in [-0.3, -0.25) is 4.79 Å². The van der Waals surface area contributed by atoms with Crippen molar-refractivity contribution < 1.29 is 9.53 Å². The summed E-state index contributed by atoms with van der Waals surface area (Å²) in [5, 5.41) is 0. The molecule has 4 nitrogen and oxygen atoms in total. The second-order valence-electron chi connectivity index (χ2n) is 6.30. The summed E-state index contributed by atoms with van der Waals surface area (Å²) >= 11 is 0. The Balaban J connectivity index is 1.89. The van der Waals surface area contributed by atoms with Crippen LogP contribution in [0, 0.1) is 12.3 Å². The van der Waals surface area contributed by atoms with Crippen LogP contribution in [-0.2, 0) is 4.79 Å². The van der Waals surface area contributed by atoms with Gasteiger partial charge in [0.2, 0.25) is 0 Å². The molecule has 1 unspecified atom stereocenters. The first-order chi connectivity index (χ1) is 9.38. The van der Waals surface area contributed by atoms with Crippen molar-refractivity contribution in [3.63, 3.8) is 0 Å². The largest absolute Gasteiger partial charge is 0.484 e. The molecule has 1 saturated heterocycles. The molecule has 1 amide bonds. The van der Waals surface area contributed by atoms with Crippen molar-refractivity contribution in [2.24, 2.45) is 11.1 Å². The van der Waals surface area contributed by atoms with Crippen molar-refractivity contribution in [1.29, 1.82) is 0 Å². The van der Waals surface area contributed by atoms with E-state index in [0.717, 1.165) is 24.3 Å². The first-order valence-electron chi connectivity index (χ1n) is 7.11. The zero-order chi connectivity index (χ0) is 14.8. The first kappa shape index (κ1) is 14.9. The molecule has 0 aromatic heterocycles. The van der Waals surface area contributed by atoms with E-state index >= 15 is 0 Å². The third kappa shape index (κ3) is 3.51. The Hall–Kier alpha value is -1.55. The summed E-state index contributed by atoms with van der Waals surface area (Å²) in [6.45, 7) is 7.74. The number of carbonyl (C=O) groups excluding carboxylic acids is 1. The third-order valence-corrected chi connectivity index (χ3v) is 4.02. The number of piperidine rings is 1. The van der Waals surface area contributed by atoms with E-state index in [-0.39, 0.29) is 24.0 Å². The maximum Gasteiger partial charge on any atom is 0.260 e. The number of nitrogens with two attached hydrogens (primary N) is 1. The van der Waals surface area contributed by atoms with Crippen LogP contribution in [0.5, 0.6) is 5.75 Å². The van der Waals surface area contributed by atoms with Crippen LogP contribution in [0.2, 0.25) is 0 Å². The molecule has 110 valence electrons. The summed E-state index contributed by atoms with van der Waals surface area (Å²) in [6.07, 6.45) is 0.850. The SMILES string of the molecule is Cc1cccc(OCC(=O)N2CCC(N)C(C)(C)C2)c1. The van der Waals surface area contributed by atoms with Crippen molar-refractivity contribution in [2.75, 3.05) is 19.7 Å². The molecule has 0 radical (unpaired) electrons. The van der Waals surface area contributed by atoms with Gasteiger partial charge >= 0.3 is 0 Å². The first-order valence-corrected chi connectivity index (χ1v) is 7.11. The van der Waals surface area contributed by atoms with Crippen molar-refractivity contribution in [2.45, 2.75) is 33.2 Å². The monoisotopic (exact) mass is 276 g/mol. The van der Waals surface area contributed by atoms with Gasteiger partial charge in [-0.2, -0.15) is 0 Å². The average Bonchev–Trinajstić information content (AvgIpc) is 2.39. The summed E-state index contributed by atoms with van der Waals surface area (Å²) < 4.78 is 5.57. The molecule has 1 aromatic rings. The average molecular weight is 276 g/mol. The lowest BCUT2D eigenvalue weighted by atomic mass is 9.80. The normalized spacial score (nSPS) is 21.6. The van der Waals surface area contributed by atoms with Crippen LogP contribution in [-0.4, -0.2) is 36.5 Å². The Morgan fingerprint density at radius 2 is 2.25 bits per heavy atom. The molecule has 1 aromatic carbocycles. The lowest BCUT2D eigenvalue weighted by Crippen LogP contribution is -2.54. The highest BCUT2D eigenvalue weighted by molar-refractivity contribution is 5.78. The Bertz CT molecular complexity index is 485. The molecule has 2 N–H and O–H groups in total. The molecule has 2 rings (SSSR count). The highest BCUT2D eigenvalue weighted by Crippen LogP contribution is 2.27. The van der Waals surface area contributed by atoms with Crippen LogP contribution in [0.1, 0.15) is 25.8 Å². The molecule has 0 saturated carbocycles. The lowest BCUT2D eigenvalue weighted by Gasteiger charge is -2.42. The molecule has 1 atom stereocenters. The third-order valence-electron chi connectivity index (χ3n) is 4.02. The van der Waals surface area contributed by atoms with Gasteiger partial charge in [0.05, 0.1) is 0 Å². The zero-order valence-electron chi connectivity index (χ0n) is 12.6. The molecule has 0 aliphatic carbocycles. The van der Waals surface area contributed by atoms with Crippen LogP contribution in [0.25, 0.3) is 0 Å². The molecule has 1 aliphatic rings. The van der Waals surface area contributed by atoms with Crippen LogP contribution in [0.4, 0.5) is 0 Å². The second-order valence-corrected chi connectivity index (χ2v) is 6.30. The Morgan fingerprint density at radius 3 is 2.90 bits per heavy atom. The van der Waals surface area contributed by atoms with E-state index in [0.29, 0.717) is 6.54 Å². The highest BCUT2D eigenvalue weighted by atomic mass is 16.5.